The topological polar surface area (TPSA) is 38.8 Å². The van der Waals surface area contributed by atoms with Crippen LogP contribution in [0.25, 0.3) is 0 Å². The summed E-state index contributed by atoms with van der Waals surface area (Å²) < 4.78 is 48.3. The van der Waals surface area contributed by atoms with E-state index in [2.05, 4.69) is 0 Å². The summed E-state index contributed by atoms with van der Waals surface area (Å²) >= 11 is 0. The summed E-state index contributed by atoms with van der Waals surface area (Å²) in [4.78, 5) is 12.9. The summed E-state index contributed by atoms with van der Waals surface area (Å²) in [6.45, 7) is 1.43. The number of hydrogen-bond donors (Lipinski definition) is 0. The van der Waals surface area contributed by atoms with Gasteiger partial charge in [0.05, 0.1) is 13.2 Å². The molecule has 0 radical (unpaired) electrons. The number of ether oxygens (including phenoxy) is 2. The fourth-order valence-electron chi connectivity index (χ4n) is 1.50. The normalized spacial score (nSPS) is 15.6. The first-order valence-electron chi connectivity index (χ1n) is 5.27. The molecule has 98 valence electrons. The molecule has 1 fully saturated rings. The number of morpholine rings is 1. The van der Waals surface area contributed by atoms with Crippen LogP contribution in [0.15, 0.2) is 12.1 Å². The van der Waals surface area contributed by atoms with Crippen LogP contribution in [0.1, 0.15) is 0 Å². The van der Waals surface area contributed by atoms with Gasteiger partial charge in [0.1, 0.15) is 5.75 Å². The van der Waals surface area contributed by atoms with Gasteiger partial charge in [0, 0.05) is 25.2 Å². The van der Waals surface area contributed by atoms with E-state index in [9.17, 15) is 18.0 Å². The zero-order chi connectivity index (χ0) is 13.1. The molecule has 0 spiro atoms. The minimum atomic E-state index is -1.60. The molecular formula is C11H10F3NO3. The maximum atomic E-state index is 12.9. The first kappa shape index (κ1) is 12.7. The summed E-state index contributed by atoms with van der Waals surface area (Å²) in [5, 5.41) is 0. The van der Waals surface area contributed by atoms with E-state index in [1.807, 2.05) is 0 Å². The Balaban J connectivity index is 2.06. The summed E-state index contributed by atoms with van der Waals surface area (Å²) in [5.41, 5.74) is 0. The molecule has 1 aromatic rings. The number of hydrogen-bond acceptors (Lipinski definition) is 3. The molecule has 1 heterocycles. The van der Waals surface area contributed by atoms with E-state index in [1.54, 1.807) is 0 Å². The highest BCUT2D eigenvalue weighted by Gasteiger charge is 2.20. The Bertz CT molecular complexity index is 438. The fraction of sp³-hybridized carbons (Fsp3) is 0.364. The molecule has 1 aromatic carbocycles. The molecule has 1 amide bonds. The number of carbonyl (C=O) groups is 1. The Hall–Kier alpha value is -1.76. The standard InChI is InChI=1S/C11H10F3NO3/c12-8-5-7(6-9(13)10(8)14)18-11(16)15-1-3-17-4-2-15/h5-6H,1-4H2. The second-order valence-electron chi connectivity index (χ2n) is 3.67. The molecule has 0 unspecified atom stereocenters. The van der Waals surface area contributed by atoms with Gasteiger partial charge in [-0.1, -0.05) is 0 Å². The first-order valence-corrected chi connectivity index (χ1v) is 5.27. The monoisotopic (exact) mass is 261 g/mol. The summed E-state index contributed by atoms with van der Waals surface area (Å²) in [7, 11) is 0. The van der Waals surface area contributed by atoms with Gasteiger partial charge in [-0.25, -0.2) is 18.0 Å². The molecule has 0 bridgehead atoms. The van der Waals surface area contributed by atoms with Crippen molar-refractivity contribution < 1.29 is 27.4 Å². The van der Waals surface area contributed by atoms with E-state index < -0.39 is 23.5 Å². The molecule has 1 saturated heterocycles. The Morgan fingerprint density at radius 2 is 1.72 bits per heavy atom. The van der Waals surface area contributed by atoms with Gasteiger partial charge in [-0.05, 0) is 0 Å². The van der Waals surface area contributed by atoms with Gasteiger partial charge in [-0.15, -0.1) is 0 Å². The van der Waals surface area contributed by atoms with Crippen molar-refractivity contribution in [1.82, 2.24) is 4.90 Å². The van der Waals surface area contributed by atoms with Crippen LogP contribution < -0.4 is 4.74 Å². The summed E-state index contributed by atoms with van der Waals surface area (Å²) in [6, 6.07) is 1.24. The largest absolute Gasteiger partial charge is 0.415 e. The van der Waals surface area contributed by atoms with Gasteiger partial charge >= 0.3 is 6.09 Å². The van der Waals surface area contributed by atoms with Crippen LogP contribution in [0.4, 0.5) is 18.0 Å². The third kappa shape index (κ3) is 2.73. The zero-order valence-corrected chi connectivity index (χ0v) is 9.29. The average Bonchev–Trinajstić information content (AvgIpc) is 2.37. The van der Waals surface area contributed by atoms with Crippen molar-refractivity contribution in [3.8, 4) is 5.75 Å². The van der Waals surface area contributed by atoms with E-state index in [0.717, 1.165) is 0 Å². The zero-order valence-electron chi connectivity index (χ0n) is 9.29. The maximum Gasteiger partial charge on any atom is 0.415 e. The highest BCUT2D eigenvalue weighted by atomic mass is 19.2. The predicted octanol–water partition coefficient (Wildman–Crippen LogP) is 1.93. The number of nitrogens with zero attached hydrogens (tertiary/aromatic N) is 1. The number of benzene rings is 1. The lowest BCUT2D eigenvalue weighted by Crippen LogP contribution is -2.42. The van der Waals surface area contributed by atoms with Gasteiger partial charge in [-0.2, -0.15) is 0 Å². The molecule has 18 heavy (non-hydrogen) atoms. The molecule has 0 N–H and O–H groups in total. The van der Waals surface area contributed by atoms with Crippen molar-refractivity contribution in [3.63, 3.8) is 0 Å². The molecule has 4 nitrogen and oxygen atoms in total. The van der Waals surface area contributed by atoms with Crippen LogP contribution in [-0.4, -0.2) is 37.3 Å². The van der Waals surface area contributed by atoms with E-state index in [4.69, 9.17) is 9.47 Å². The minimum absolute atomic E-state index is 0.338. The molecule has 2 rings (SSSR count). The lowest BCUT2D eigenvalue weighted by Gasteiger charge is -2.25. The Labute approximate surface area is 101 Å². The third-order valence-electron chi connectivity index (χ3n) is 2.43. The van der Waals surface area contributed by atoms with Crippen molar-refractivity contribution in [2.75, 3.05) is 26.3 Å². The second kappa shape index (κ2) is 5.26. The molecule has 0 aliphatic carbocycles. The van der Waals surface area contributed by atoms with E-state index in [1.165, 1.54) is 4.90 Å². The van der Waals surface area contributed by atoms with Gasteiger partial charge in [0.2, 0.25) is 0 Å². The molecular weight excluding hydrogens is 251 g/mol. The molecule has 0 atom stereocenters. The van der Waals surface area contributed by atoms with Gasteiger partial charge in [-0.3, -0.25) is 0 Å². The van der Waals surface area contributed by atoms with E-state index >= 15 is 0 Å². The van der Waals surface area contributed by atoms with Crippen molar-refractivity contribution in [2.45, 2.75) is 0 Å². The highest BCUT2D eigenvalue weighted by molar-refractivity contribution is 5.70. The summed E-state index contributed by atoms with van der Waals surface area (Å²) in [6.07, 6.45) is -0.747. The van der Waals surface area contributed by atoms with Crippen molar-refractivity contribution in [2.24, 2.45) is 0 Å². The predicted molar refractivity (Wildman–Crippen MR) is 54.7 cm³/mol. The quantitative estimate of drug-likeness (QED) is 0.725. The van der Waals surface area contributed by atoms with Crippen molar-refractivity contribution in [3.05, 3.63) is 29.6 Å². The van der Waals surface area contributed by atoms with Crippen LogP contribution in [0.3, 0.4) is 0 Å². The summed E-state index contributed by atoms with van der Waals surface area (Å²) in [5.74, 6) is -4.77. The molecule has 0 saturated carbocycles. The van der Waals surface area contributed by atoms with Gasteiger partial charge < -0.3 is 14.4 Å². The average molecular weight is 261 g/mol. The Morgan fingerprint density at radius 1 is 1.17 bits per heavy atom. The maximum absolute atomic E-state index is 12.9. The van der Waals surface area contributed by atoms with Crippen LogP contribution >= 0.6 is 0 Å². The number of rotatable bonds is 1. The first-order chi connectivity index (χ1) is 8.58. The van der Waals surface area contributed by atoms with Crippen LogP contribution in [-0.2, 0) is 4.74 Å². The molecule has 7 heteroatoms. The third-order valence-corrected chi connectivity index (χ3v) is 2.43. The molecule has 1 aliphatic rings. The van der Waals surface area contributed by atoms with Gasteiger partial charge in [0.15, 0.2) is 17.5 Å². The van der Waals surface area contributed by atoms with Crippen molar-refractivity contribution >= 4 is 6.09 Å². The van der Waals surface area contributed by atoms with Crippen LogP contribution in [0, 0.1) is 17.5 Å². The van der Waals surface area contributed by atoms with E-state index in [-0.39, 0.29) is 5.75 Å². The lowest BCUT2D eigenvalue weighted by atomic mass is 10.3. The van der Waals surface area contributed by atoms with Gasteiger partial charge in [0.25, 0.3) is 0 Å². The Morgan fingerprint density at radius 3 is 2.28 bits per heavy atom. The number of carbonyl (C=O) groups excluding carboxylic acids is 1. The number of halogens is 3. The fourth-order valence-corrected chi connectivity index (χ4v) is 1.50. The smallest absolute Gasteiger partial charge is 0.410 e. The number of amides is 1. The lowest BCUT2D eigenvalue weighted by molar-refractivity contribution is 0.0415. The van der Waals surface area contributed by atoms with E-state index in [0.29, 0.717) is 38.4 Å². The van der Waals surface area contributed by atoms with Crippen LogP contribution in [0.2, 0.25) is 0 Å². The van der Waals surface area contributed by atoms with Crippen molar-refractivity contribution in [1.29, 1.82) is 0 Å². The molecule has 0 aromatic heterocycles. The highest BCUT2D eigenvalue weighted by Crippen LogP contribution is 2.20. The van der Waals surface area contributed by atoms with Crippen LogP contribution in [0.5, 0.6) is 5.75 Å². The molecule has 1 aliphatic heterocycles. The second-order valence-corrected chi connectivity index (χ2v) is 3.67. The minimum Gasteiger partial charge on any atom is -0.410 e. The SMILES string of the molecule is O=C(Oc1cc(F)c(F)c(F)c1)N1CCOCC1. The Kier molecular flexibility index (Phi) is 3.71.